The number of benzene rings is 1. The number of carbonyl (C=O) groups excluding carboxylic acids is 2. The minimum absolute atomic E-state index is 0.111. The molecule has 2 heterocycles. The second kappa shape index (κ2) is 6.78. The van der Waals surface area contributed by atoms with Gasteiger partial charge in [-0.15, -0.1) is 0 Å². The summed E-state index contributed by atoms with van der Waals surface area (Å²) in [6, 6.07) is 7.15. The summed E-state index contributed by atoms with van der Waals surface area (Å²) in [4.78, 5) is 30.8. The Bertz CT molecular complexity index is 597. The largest absolute Gasteiger partial charge is 0.395 e. The second-order valence-corrected chi connectivity index (χ2v) is 6.18. The van der Waals surface area contributed by atoms with Crippen molar-refractivity contribution >= 4 is 17.5 Å². The van der Waals surface area contributed by atoms with Crippen molar-refractivity contribution in [3.63, 3.8) is 0 Å². The topological polar surface area (TPSA) is 64.1 Å². The Morgan fingerprint density at radius 1 is 1.13 bits per heavy atom. The van der Waals surface area contributed by atoms with E-state index in [0.717, 1.165) is 31.7 Å². The van der Waals surface area contributed by atoms with E-state index in [1.54, 1.807) is 0 Å². The highest BCUT2D eigenvalue weighted by Crippen LogP contribution is 2.28. The Morgan fingerprint density at radius 2 is 1.83 bits per heavy atom. The number of hydrogen-bond acceptors (Lipinski definition) is 5. The molecule has 2 saturated heterocycles. The van der Waals surface area contributed by atoms with Crippen LogP contribution in [0.25, 0.3) is 0 Å². The molecule has 1 atom stereocenters. The standard InChI is InChI=1S/C17H23N3O3/c1-13-4-2-3-5-14(13)20-16(22)12-15(17(20)23)19-8-6-18(7-9-19)10-11-21/h2-5,15,21H,6-12H2,1H3. The number of carbonyl (C=O) groups is 2. The van der Waals surface area contributed by atoms with Gasteiger partial charge in [0.2, 0.25) is 5.91 Å². The molecule has 2 aliphatic rings. The first kappa shape index (κ1) is 16.1. The van der Waals surface area contributed by atoms with Gasteiger partial charge in [0.1, 0.15) is 0 Å². The van der Waals surface area contributed by atoms with Gasteiger partial charge < -0.3 is 5.11 Å². The molecule has 0 bridgehead atoms. The van der Waals surface area contributed by atoms with Crippen molar-refractivity contribution in [2.45, 2.75) is 19.4 Å². The van der Waals surface area contributed by atoms with Crippen LogP contribution in [0.5, 0.6) is 0 Å². The maximum absolute atomic E-state index is 12.8. The minimum Gasteiger partial charge on any atom is -0.395 e. The van der Waals surface area contributed by atoms with Crippen molar-refractivity contribution in [2.24, 2.45) is 0 Å². The van der Waals surface area contributed by atoms with E-state index in [-0.39, 0.29) is 30.9 Å². The van der Waals surface area contributed by atoms with Gasteiger partial charge in [0, 0.05) is 32.7 Å². The Kier molecular flexibility index (Phi) is 4.75. The normalized spacial score (nSPS) is 23.7. The number of piperazine rings is 1. The number of amides is 2. The quantitative estimate of drug-likeness (QED) is 0.806. The van der Waals surface area contributed by atoms with E-state index in [2.05, 4.69) is 9.80 Å². The number of rotatable bonds is 4. The molecule has 124 valence electrons. The van der Waals surface area contributed by atoms with Crippen molar-refractivity contribution in [3.8, 4) is 0 Å². The van der Waals surface area contributed by atoms with Crippen LogP contribution in [-0.2, 0) is 9.59 Å². The molecule has 2 aliphatic heterocycles. The number of aryl methyl sites for hydroxylation is 1. The van der Waals surface area contributed by atoms with Crippen LogP contribution in [0.3, 0.4) is 0 Å². The van der Waals surface area contributed by atoms with Crippen LogP contribution in [0.4, 0.5) is 5.69 Å². The van der Waals surface area contributed by atoms with Crippen molar-refractivity contribution < 1.29 is 14.7 Å². The summed E-state index contributed by atoms with van der Waals surface area (Å²) in [5, 5.41) is 9.00. The lowest BCUT2D eigenvalue weighted by Crippen LogP contribution is -2.53. The zero-order chi connectivity index (χ0) is 16.4. The van der Waals surface area contributed by atoms with Gasteiger partial charge in [0.05, 0.1) is 24.8 Å². The van der Waals surface area contributed by atoms with Crippen LogP contribution in [-0.4, -0.2) is 72.1 Å². The summed E-state index contributed by atoms with van der Waals surface area (Å²) >= 11 is 0. The zero-order valence-electron chi connectivity index (χ0n) is 13.4. The van der Waals surface area contributed by atoms with Gasteiger partial charge in [-0.2, -0.15) is 0 Å². The van der Waals surface area contributed by atoms with E-state index >= 15 is 0 Å². The highest BCUT2D eigenvalue weighted by Gasteiger charge is 2.43. The first-order chi connectivity index (χ1) is 11.1. The van der Waals surface area contributed by atoms with Crippen LogP contribution in [0.1, 0.15) is 12.0 Å². The fraction of sp³-hybridized carbons (Fsp3) is 0.529. The van der Waals surface area contributed by atoms with E-state index in [4.69, 9.17) is 5.11 Å². The van der Waals surface area contributed by atoms with Crippen LogP contribution in [0.2, 0.25) is 0 Å². The van der Waals surface area contributed by atoms with Crippen LogP contribution in [0.15, 0.2) is 24.3 Å². The Morgan fingerprint density at radius 3 is 2.48 bits per heavy atom. The molecular weight excluding hydrogens is 294 g/mol. The zero-order valence-corrected chi connectivity index (χ0v) is 13.4. The Balaban J connectivity index is 1.71. The van der Waals surface area contributed by atoms with Gasteiger partial charge >= 0.3 is 0 Å². The molecule has 3 rings (SSSR count). The molecule has 0 aliphatic carbocycles. The van der Waals surface area contributed by atoms with Crippen molar-refractivity contribution in [3.05, 3.63) is 29.8 Å². The van der Waals surface area contributed by atoms with Gasteiger partial charge in [-0.3, -0.25) is 19.4 Å². The number of para-hydroxylation sites is 1. The predicted molar refractivity (Wildman–Crippen MR) is 87.2 cm³/mol. The third-order valence-electron chi connectivity index (χ3n) is 4.74. The third kappa shape index (κ3) is 3.15. The Labute approximate surface area is 136 Å². The summed E-state index contributed by atoms with van der Waals surface area (Å²) in [5.41, 5.74) is 1.63. The van der Waals surface area contributed by atoms with Crippen molar-refractivity contribution in [1.82, 2.24) is 9.80 Å². The first-order valence-electron chi connectivity index (χ1n) is 8.11. The molecule has 0 aromatic heterocycles. The molecule has 1 unspecified atom stereocenters. The lowest BCUT2D eigenvalue weighted by atomic mass is 10.1. The summed E-state index contributed by atoms with van der Waals surface area (Å²) in [6.07, 6.45) is 0.257. The maximum atomic E-state index is 12.8. The first-order valence-corrected chi connectivity index (χ1v) is 8.11. The summed E-state index contributed by atoms with van der Waals surface area (Å²) in [6.45, 7) is 5.89. The van der Waals surface area contributed by atoms with Crippen LogP contribution < -0.4 is 4.90 Å². The molecule has 6 nitrogen and oxygen atoms in total. The highest BCUT2D eigenvalue weighted by atomic mass is 16.3. The summed E-state index contributed by atoms with van der Waals surface area (Å²) in [7, 11) is 0. The summed E-state index contributed by atoms with van der Waals surface area (Å²) < 4.78 is 0. The summed E-state index contributed by atoms with van der Waals surface area (Å²) in [5.74, 6) is -0.230. The maximum Gasteiger partial charge on any atom is 0.251 e. The molecule has 0 spiro atoms. The number of nitrogens with zero attached hydrogens (tertiary/aromatic N) is 3. The molecule has 23 heavy (non-hydrogen) atoms. The van der Waals surface area contributed by atoms with Crippen LogP contribution >= 0.6 is 0 Å². The predicted octanol–water partition coefficient (Wildman–Crippen LogP) is 0.237. The van der Waals surface area contributed by atoms with E-state index in [1.807, 2.05) is 31.2 Å². The van der Waals surface area contributed by atoms with E-state index < -0.39 is 0 Å². The molecular formula is C17H23N3O3. The van der Waals surface area contributed by atoms with E-state index in [0.29, 0.717) is 12.2 Å². The lowest BCUT2D eigenvalue weighted by molar-refractivity contribution is -0.123. The SMILES string of the molecule is Cc1ccccc1N1C(=O)CC(N2CCN(CCO)CC2)C1=O. The molecule has 6 heteroatoms. The van der Waals surface area contributed by atoms with Gasteiger partial charge in [-0.1, -0.05) is 18.2 Å². The third-order valence-corrected chi connectivity index (χ3v) is 4.74. The fourth-order valence-electron chi connectivity index (χ4n) is 3.41. The number of imide groups is 1. The molecule has 2 fully saturated rings. The van der Waals surface area contributed by atoms with Gasteiger partial charge in [0.25, 0.3) is 5.91 Å². The number of aliphatic hydroxyl groups is 1. The van der Waals surface area contributed by atoms with Crippen LogP contribution in [0, 0.1) is 6.92 Å². The monoisotopic (exact) mass is 317 g/mol. The van der Waals surface area contributed by atoms with Crippen molar-refractivity contribution in [1.29, 1.82) is 0 Å². The Hall–Kier alpha value is -1.76. The number of β-amino-alcohol motifs (C(OH)–C–C–N with tert-alkyl or cyclic N) is 1. The van der Waals surface area contributed by atoms with Gasteiger partial charge in [0.15, 0.2) is 0 Å². The minimum atomic E-state index is -0.349. The number of hydrogen-bond donors (Lipinski definition) is 1. The van der Waals surface area contributed by atoms with E-state index in [1.165, 1.54) is 4.90 Å². The van der Waals surface area contributed by atoms with Gasteiger partial charge in [-0.05, 0) is 18.6 Å². The lowest BCUT2D eigenvalue weighted by Gasteiger charge is -2.36. The van der Waals surface area contributed by atoms with Crippen molar-refractivity contribution in [2.75, 3.05) is 44.2 Å². The van der Waals surface area contributed by atoms with Gasteiger partial charge in [-0.25, -0.2) is 4.90 Å². The molecule has 1 N–H and O–H groups in total. The molecule has 2 amide bonds. The highest BCUT2D eigenvalue weighted by molar-refractivity contribution is 6.22. The molecule has 1 aromatic rings. The van der Waals surface area contributed by atoms with E-state index in [9.17, 15) is 9.59 Å². The molecule has 0 radical (unpaired) electrons. The fourth-order valence-corrected chi connectivity index (χ4v) is 3.41. The molecule has 0 saturated carbocycles. The average molecular weight is 317 g/mol. The smallest absolute Gasteiger partial charge is 0.251 e. The second-order valence-electron chi connectivity index (χ2n) is 6.18. The number of anilines is 1. The number of aliphatic hydroxyl groups excluding tert-OH is 1. The average Bonchev–Trinajstić information content (AvgIpc) is 2.84. The molecule has 1 aromatic carbocycles.